The summed E-state index contributed by atoms with van der Waals surface area (Å²) in [6.07, 6.45) is 0.807. The number of likely N-dealkylation sites (tertiary alicyclic amines) is 1. The summed E-state index contributed by atoms with van der Waals surface area (Å²) in [6.45, 7) is 0.370. The summed E-state index contributed by atoms with van der Waals surface area (Å²) in [7, 11) is 0. The average Bonchev–Trinajstić information content (AvgIpc) is 3.12. The molecular formula is C22H21N3O4. The van der Waals surface area contributed by atoms with Crippen molar-refractivity contribution in [2.75, 3.05) is 25.0 Å². The number of esters is 1. The van der Waals surface area contributed by atoms with E-state index >= 15 is 0 Å². The number of nitrogens with zero attached hydrogens (tertiary/aromatic N) is 2. The standard InChI is InChI=1S/C22H21N3O4/c23-13-17-8-4-5-9-19(17)24-20(26)15-29-22(28)18-12-21(27)25(14-18)11-10-16-6-2-1-3-7-16/h1-9,18H,10-12,14-15H2,(H,24,26)/t18-/m1/s1. The normalized spacial score (nSPS) is 15.6. The van der Waals surface area contributed by atoms with Crippen molar-refractivity contribution in [2.24, 2.45) is 5.92 Å². The first-order valence-electron chi connectivity index (χ1n) is 9.34. The lowest BCUT2D eigenvalue weighted by molar-refractivity contribution is -0.151. The van der Waals surface area contributed by atoms with Crippen LogP contribution in [0.2, 0.25) is 0 Å². The predicted octanol–water partition coefficient (Wildman–Crippen LogP) is 2.13. The molecule has 1 fully saturated rings. The van der Waals surface area contributed by atoms with E-state index in [1.165, 1.54) is 0 Å². The third kappa shape index (κ3) is 5.42. The van der Waals surface area contributed by atoms with Gasteiger partial charge in [0.2, 0.25) is 5.91 Å². The van der Waals surface area contributed by atoms with E-state index in [0.717, 1.165) is 12.0 Å². The maximum atomic E-state index is 12.3. The van der Waals surface area contributed by atoms with Crippen molar-refractivity contribution in [3.63, 3.8) is 0 Å². The Morgan fingerprint density at radius 1 is 1.14 bits per heavy atom. The summed E-state index contributed by atoms with van der Waals surface area (Å²) in [4.78, 5) is 38.1. The van der Waals surface area contributed by atoms with E-state index in [0.29, 0.717) is 24.3 Å². The Morgan fingerprint density at radius 3 is 2.62 bits per heavy atom. The van der Waals surface area contributed by atoms with Gasteiger partial charge in [0.25, 0.3) is 5.91 Å². The maximum Gasteiger partial charge on any atom is 0.311 e. The average molecular weight is 391 g/mol. The SMILES string of the molecule is N#Cc1ccccc1NC(=O)COC(=O)[C@@H]1CC(=O)N(CCc2ccccc2)C1. The molecule has 2 amide bonds. The summed E-state index contributed by atoms with van der Waals surface area (Å²) < 4.78 is 5.08. The van der Waals surface area contributed by atoms with Crippen LogP contribution in [0.15, 0.2) is 54.6 Å². The number of rotatable bonds is 7. The fraction of sp³-hybridized carbons (Fsp3) is 0.273. The van der Waals surface area contributed by atoms with Gasteiger partial charge in [-0.3, -0.25) is 14.4 Å². The maximum absolute atomic E-state index is 12.3. The highest BCUT2D eigenvalue weighted by Crippen LogP contribution is 2.20. The molecule has 0 bridgehead atoms. The summed E-state index contributed by atoms with van der Waals surface area (Å²) in [5, 5.41) is 11.6. The molecule has 1 N–H and O–H groups in total. The minimum atomic E-state index is -0.572. The first-order valence-corrected chi connectivity index (χ1v) is 9.34. The number of amides is 2. The van der Waals surface area contributed by atoms with E-state index in [4.69, 9.17) is 10.00 Å². The molecule has 1 aliphatic rings. The molecule has 2 aromatic rings. The Morgan fingerprint density at radius 2 is 1.86 bits per heavy atom. The number of hydrogen-bond donors (Lipinski definition) is 1. The Labute approximate surface area is 168 Å². The Bertz CT molecular complexity index is 937. The lowest BCUT2D eigenvalue weighted by Crippen LogP contribution is -2.29. The molecule has 0 unspecified atom stereocenters. The van der Waals surface area contributed by atoms with Crippen molar-refractivity contribution in [1.29, 1.82) is 5.26 Å². The van der Waals surface area contributed by atoms with E-state index in [2.05, 4.69) is 5.32 Å². The largest absolute Gasteiger partial charge is 0.455 e. The number of hydrogen-bond acceptors (Lipinski definition) is 5. The molecule has 29 heavy (non-hydrogen) atoms. The fourth-order valence-electron chi connectivity index (χ4n) is 3.19. The minimum absolute atomic E-state index is 0.0877. The second-order valence-corrected chi connectivity index (χ2v) is 6.79. The molecular weight excluding hydrogens is 370 g/mol. The van der Waals surface area contributed by atoms with Gasteiger partial charge in [0.1, 0.15) is 6.07 Å². The van der Waals surface area contributed by atoms with Gasteiger partial charge in [-0.25, -0.2) is 0 Å². The molecule has 1 atom stereocenters. The van der Waals surface area contributed by atoms with Crippen LogP contribution in [0.5, 0.6) is 0 Å². The molecule has 7 nitrogen and oxygen atoms in total. The van der Waals surface area contributed by atoms with Gasteiger partial charge in [-0.05, 0) is 24.1 Å². The van der Waals surface area contributed by atoms with Gasteiger partial charge < -0.3 is 15.0 Å². The molecule has 148 valence electrons. The Hall–Kier alpha value is -3.66. The highest BCUT2D eigenvalue weighted by atomic mass is 16.5. The molecule has 0 aromatic heterocycles. The van der Waals surface area contributed by atoms with E-state index in [9.17, 15) is 14.4 Å². The Balaban J connectivity index is 1.45. The van der Waals surface area contributed by atoms with E-state index in [-0.39, 0.29) is 12.3 Å². The van der Waals surface area contributed by atoms with Crippen molar-refractivity contribution < 1.29 is 19.1 Å². The molecule has 1 aliphatic heterocycles. The number of carbonyl (C=O) groups is 3. The van der Waals surface area contributed by atoms with Gasteiger partial charge >= 0.3 is 5.97 Å². The third-order valence-electron chi connectivity index (χ3n) is 4.73. The van der Waals surface area contributed by atoms with Crippen molar-refractivity contribution in [3.8, 4) is 6.07 Å². The van der Waals surface area contributed by atoms with Crippen LogP contribution in [0.1, 0.15) is 17.5 Å². The van der Waals surface area contributed by atoms with Crippen LogP contribution in [0.25, 0.3) is 0 Å². The molecule has 0 radical (unpaired) electrons. The van der Waals surface area contributed by atoms with Crippen molar-refractivity contribution in [3.05, 3.63) is 65.7 Å². The predicted molar refractivity (Wildman–Crippen MR) is 106 cm³/mol. The van der Waals surface area contributed by atoms with Crippen molar-refractivity contribution >= 4 is 23.5 Å². The highest BCUT2D eigenvalue weighted by molar-refractivity contribution is 5.94. The number of nitriles is 1. The lowest BCUT2D eigenvalue weighted by atomic mass is 10.1. The van der Waals surface area contributed by atoms with Crippen molar-refractivity contribution in [1.82, 2.24) is 4.90 Å². The van der Waals surface area contributed by atoms with Gasteiger partial charge in [0.05, 0.1) is 17.2 Å². The summed E-state index contributed by atoms with van der Waals surface area (Å²) in [6, 6.07) is 18.4. The topological polar surface area (TPSA) is 99.5 Å². The molecule has 3 rings (SSSR count). The zero-order chi connectivity index (χ0) is 20.6. The van der Waals surface area contributed by atoms with Crippen LogP contribution in [0, 0.1) is 17.2 Å². The van der Waals surface area contributed by atoms with Crippen molar-refractivity contribution in [2.45, 2.75) is 12.8 Å². The number of carbonyl (C=O) groups excluding carboxylic acids is 3. The van der Waals surface area contributed by atoms with Gasteiger partial charge in [0, 0.05) is 19.5 Å². The first-order chi connectivity index (χ1) is 14.1. The second kappa shape index (κ2) is 9.51. The first kappa shape index (κ1) is 20.1. The number of nitrogens with one attached hydrogen (secondary N) is 1. The zero-order valence-electron chi connectivity index (χ0n) is 15.8. The third-order valence-corrected chi connectivity index (χ3v) is 4.73. The lowest BCUT2D eigenvalue weighted by Gasteiger charge is -2.16. The highest BCUT2D eigenvalue weighted by Gasteiger charge is 2.35. The summed E-state index contributed by atoms with van der Waals surface area (Å²) in [5.74, 6) is -1.76. The molecule has 0 saturated carbocycles. The molecule has 1 saturated heterocycles. The van der Waals surface area contributed by atoms with Crippen LogP contribution in [-0.2, 0) is 25.5 Å². The van der Waals surface area contributed by atoms with Gasteiger partial charge in [0.15, 0.2) is 6.61 Å². The number of ether oxygens (including phenoxy) is 1. The number of para-hydroxylation sites is 1. The molecule has 0 spiro atoms. The van der Waals surface area contributed by atoms with E-state index < -0.39 is 24.4 Å². The van der Waals surface area contributed by atoms with Gasteiger partial charge in [-0.1, -0.05) is 42.5 Å². The number of anilines is 1. The van der Waals surface area contributed by atoms with E-state index in [1.54, 1.807) is 29.2 Å². The van der Waals surface area contributed by atoms with E-state index in [1.807, 2.05) is 36.4 Å². The summed E-state index contributed by atoms with van der Waals surface area (Å²) in [5.41, 5.74) is 1.81. The molecule has 1 heterocycles. The van der Waals surface area contributed by atoms with Gasteiger partial charge in [-0.15, -0.1) is 0 Å². The molecule has 7 heteroatoms. The fourth-order valence-corrected chi connectivity index (χ4v) is 3.19. The number of benzene rings is 2. The molecule has 2 aromatic carbocycles. The zero-order valence-corrected chi connectivity index (χ0v) is 15.8. The van der Waals surface area contributed by atoms with Crippen LogP contribution in [0.3, 0.4) is 0 Å². The summed E-state index contributed by atoms with van der Waals surface area (Å²) >= 11 is 0. The Kier molecular flexibility index (Phi) is 6.59. The smallest absolute Gasteiger partial charge is 0.311 e. The van der Waals surface area contributed by atoms with Gasteiger partial charge in [-0.2, -0.15) is 5.26 Å². The quantitative estimate of drug-likeness (QED) is 0.729. The van der Waals surface area contributed by atoms with Crippen LogP contribution < -0.4 is 5.32 Å². The minimum Gasteiger partial charge on any atom is -0.455 e. The second-order valence-electron chi connectivity index (χ2n) is 6.79. The van der Waals surface area contributed by atoms with Crippen LogP contribution in [-0.4, -0.2) is 42.4 Å². The van der Waals surface area contributed by atoms with Crippen LogP contribution >= 0.6 is 0 Å². The van der Waals surface area contributed by atoms with Crippen LogP contribution in [0.4, 0.5) is 5.69 Å². The molecule has 0 aliphatic carbocycles. The monoisotopic (exact) mass is 391 g/mol.